The maximum Gasteiger partial charge on any atom is 0.408 e. The van der Waals surface area contributed by atoms with Crippen molar-refractivity contribution in [2.75, 3.05) is 13.1 Å². The number of rotatable bonds is 15. The molecule has 0 saturated heterocycles. The van der Waals surface area contributed by atoms with Gasteiger partial charge in [-0.05, 0) is 64.0 Å². The predicted octanol–water partition coefficient (Wildman–Crippen LogP) is 6.30. The van der Waals surface area contributed by atoms with E-state index in [1.807, 2.05) is 45.0 Å². The minimum Gasteiger partial charge on any atom is -0.444 e. The molecule has 2 N–H and O–H groups in total. The molecule has 0 aromatic heterocycles. The summed E-state index contributed by atoms with van der Waals surface area (Å²) in [6.45, 7) is 16.6. The van der Waals surface area contributed by atoms with Crippen molar-refractivity contribution in [2.24, 2.45) is 5.92 Å². The Balaban J connectivity index is 3.43. The van der Waals surface area contributed by atoms with Crippen LogP contribution in [0, 0.1) is 12.8 Å². The van der Waals surface area contributed by atoms with Crippen LogP contribution in [-0.2, 0) is 14.3 Å². The van der Waals surface area contributed by atoms with Crippen LogP contribution in [0.2, 0.25) is 0 Å². The fourth-order valence-corrected chi connectivity index (χ4v) is 4.27. The molecule has 1 aromatic rings. The summed E-state index contributed by atoms with van der Waals surface area (Å²) in [5, 5.41) is 5.89. The first-order chi connectivity index (χ1) is 17.4. The second-order valence-electron chi connectivity index (χ2n) is 11.3. The van der Waals surface area contributed by atoms with E-state index in [1.165, 1.54) is 0 Å². The van der Waals surface area contributed by atoms with Crippen LogP contribution < -0.4 is 10.6 Å². The van der Waals surface area contributed by atoms with Gasteiger partial charge < -0.3 is 20.3 Å². The van der Waals surface area contributed by atoms with Crippen LogP contribution in [0.4, 0.5) is 4.79 Å². The number of aryl methyl sites for hydroxylation is 1. The molecule has 2 atom stereocenters. The monoisotopic (exact) mass is 517 g/mol. The predicted molar refractivity (Wildman–Crippen MR) is 150 cm³/mol. The highest BCUT2D eigenvalue weighted by Gasteiger charge is 2.36. The minimum atomic E-state index is -0.795. The van der Waals surface area contributed by atoms with Gasteiger partial charge in [-0.15, -0.1) is 0 Å². The summed E-state index contributed by atoms with van der Waals surface area (Å²) in [4.78, 5) is 42.2. The topological polar surface area (TPSA) is 87.7 Å². The molecule has 0 aliphatic carbocycles. The summed E-state index contributed by atoms with van der Waals surface area (Å²) in [5.41, 5.74) is 1.07. The summed E-state index contributed by atoms with van der Waals surface area (Å²) in [6.07, 6.45) is 5.51. The Labute approximate surface area is 225 Å². The molecule has 0 aliphatic rings. The average molecular weight is 518 g/mol. The Morgan fingerprint density at radius 2 is 1.59 bits per heavy atom. The zero-order valence-corrected chi connectivity index (χ0v) is 24.5. The largest absolute Gasteiger partial charge is 0.444 e. The second-order valence-corrected chi connectivity index (χ2v) is 11.3. The zero-order valence-electron chi connectivity index (χ0n) is 24.5. The first-order valence-electron chi connectivity index (χ1n) is 14.0. The third-order valence-corrected chi connectivity index (χ3v) is 6.10. The molecular weight excluding hydrogens is 466 g/mol. The van der Waals surface area contributed by atoms with Gasteiger partial charge in [-0.25, -0.2) is 4.79 Å². The molecule has 2 unspecified atom stereocenters. The van der Waals surface area contributed by atoms with Crippen LogP contribution in [0.15, 0.2) is 24.3 Å². The third-order valence-electron chi connectivity index (χ3n) is 6.10. The van der Waals surface area contributed by atoms with Gasteiger partial charge in [-0.3, -0.25) is 9.59 Å². The number of amides is 3. The highest BCUT2D eigenvalue weighted by Crippen LogP contribution is 2.27. The maximum atomic E-state index is 14.2. The van der Waals surface area contributed by atoms with Crippen molar-refractivity contribution in [2.45, 2.75) is 118 Å². The van der Waals surface area contributed by atoms with Crippen LogP contribution in [0.5, 0.6) is 0 Å². The number of benzene rings is 1. The molecule has 0 saturated carbocycles. The van der Waals surface area contributed by atoms with Crippen LogP contribution in [0.25, 0.3) is 0 Å². The number of unbranched alkanes of at least 4 members (excludes halogenated alkanes) is 4. The standard InChI is InChI=1S/C30H51N3O4/c1-9-11-15-19-31-27(34)26(24-18-14-13-17-23(24)5)33(20-16-12-10-2)28(35)25(21-22(3)4)32-29(36)37-30(6,7)8/h13-14,17-18,22,25-26H,9-12,15-16,19-21H2,1-8H3,(H,31,34)(H,32,36). The van der Waals surface area contributed by atoms with E-state index in [-0.39, 0.29) is 17.7 Å². The fourth-order valence-electron chi connectivity index (χ4n) is 4.27. The van der Waals surface area contributed by atoms with Crippen LogP contribution in [-0.4, -0.2) is 47.5 Å². The first kappa shape index (κ1) is 32.5. The number of alkyl carbamates (subject to hydrolysis) is 1. The van der Waals surface area contributed by atoms with Gasteiger partial charge in [0.25, 0.3) is 0 Å². The van der Waals surface area contributed by atoms with Gasteiger partial charge in [0.05, 0.1) is 0 Å². The fraction of sp³-hybridized carbons (Fsp3) is 0.700. The van der Waals surface area contributed by atoms with Crippen molar-refractivity contribution in [3.8, 4) is 0 Å². The van der Waals surface area contributed by atoms with E-state index in [2.05, 4.69) is 24.5 Å². The van der Waals surface area contributed by atoms with Gasteiger partial charge in [0, 0.05) is 13.1 Å². The Morgan fingerprint density at radius 1 is 0.973 bits per heavy atom. The lowest BCUT2D eigenvalue weighted by Gasteiger charge is -2.35. The summed E-state index contributed by atoms with van der Waals surface area (Å²) in [7, 11) is 0. The van der Waals surface area contributed by atoms with E-state index < -0.39 is 23.8 Å². The Kier molecular flexibility index (Phi) is 14.3. The number of nitrogens with one attached hydrogen (secondary N) is 2. The van der Waals surface area contributed by atoms with Crippen molar-refractivity contribution >= 4 is 17.9 Å². The molecule has 0 spiro atoms. The van der Waals surface area contributed by atoms with Crippen molar-refractivity contribution in [3.05, 3.63) is 35.4 Å². The number of hydrogen-bond donors (Lipinski definition) is 2. The summed E-state index contributed by atoms with van der Waals surface area (Å²) in [6, 6.07) is 6.15. The van der Waals surface area contributed by atoms with Gasteiger partial charge in [0.1, 0.15) is 17.7 Å². The highest BCUT2D eigenvalue weighted by atomic mass is 16.6. The Bertz CT molecular complexity index is 847. The van der Waals surface area contributed by atoms with Crippen molar-refractivity contribution in [1.82, 2.24) is 15.5 Å². The highest BCUT2D eigenvalue weighted by molar-refractivity contribution is 5.92. The van der Waals surface area contributed by atoms with Gasteiger partial charge >= 0.3 is 6.09 Å². The number of ether oxygens (including phenoxy) is 1. The van der Waals surface area contributed by atoms with Crippen LogP contribution >= 0.6 is 0 Å². The number of nitrogens with zero attached hydrogens (tertiary/aromatic N) is 1. The molecule has 37 heavy (non-hydrogen) atoms. The molecule has 0 bridgehead atoms. The van der Waals surface area contributed by atoms with E-state index >= 15 is 0 Å². The van der Waals surface area contributed by atoms with E-state index in [4.69, 9.17) is 4.74 Å². The summed E-state index contributed by atoms with van der Waals surface area (Å²) >= 11 is 0. The molecule has 0 radical (unpaired) electrons. The molecule has 0 heterocycles. The van der Waals surface area contributed by atoms with E-state index in [1.54, 1.807) is 25.7 Å². The van der Waals surface area contributed by atoms with Crippen molar-refractivity contribution in [3.63, 3.8) is 0 Å². The average Bonchev–Trinajstić information content (AvgIpc) is 2.80. The Morgan fingerprint density at radius 3 is 2.16 bits per heavy atom. The molecular formula is C30H51N3O4. The molecule has 7 nitrogen and oxygen atoms in total. The van der Waals surface area contributed by atoms with Gasteiger partial charge in [0.2, 0.25) is 11.8 Å². The Hall–Kier alpha value is -2.57. The normalized spacial score (nSPS) is 13.1. The van der Waals surface area contributed by atoms with Crippen LogP contribution in [0.1, 0.15) is 111 Å². The minimum absolute atomic E-state index is 0.154. The van der Waals surface area contributed by atoms with Gasteiger partial charge in [-0.1, -0.05) is 77.6 Å². The molecule has 0 aliphatic heterocycles. The quantitative estimate of drug-likeness (QED) is 0.267. The van der Waals surface area contributed by atoms with Gasteiger partial charge in [-0.2, -0.15) is 0 Å². The molecule has 0 fully saturated rings. The van der Waals surface area contributed by atoms with E-state index in [0.717, 1.165) is 49.7 Å². The SMILES string of the molecule is CCCCCNC(=O)C(c1ccccc1C)N(CCCCC)C(=O)C(CC(C)C)NC(=O)OC(C)(C)C. The molecule has 3 amide bonds. The molecule has 1 rings (SSSR count). The zero-order chi connectivity index (χ0) is 28.0. The van der Waals surface area contributed by atoms with Crippen LogP contribution in [0.3, 0.4) is 0 Å². The lowest BCUT2D eigenvalue weighted by molar-refractivity contribution is -0.143. The lowest BCUT2D eigenvalue weighted by Crippen LogP contribution is -2.53. The number of carbonyl (C=O) groups excluding carboxylic acids is 3. The number of hydrogen-bond acceptors (Lipinski definition) is 4. The maximum absolute atomic E-state index is 14.2. The summed E-state index contributed by atoms with van der Waals surface area (Å²) < 4.78 is 5.47. The van der Waals surface area contributed by atoms with Gasteiger partial charge in [0.15, 0.2) is 0 Å². The van der Waals surface area contributed by atoms with E-state index in [0.29, 0.717) is 19.5 Å². The number of carbonyl (C=O) groups is 3. The first-order valence-corrected chi connectivity index (χ1v) is 14.0. The van der Waals surface area contributed by atoms with E-state index in [9.17, 15) is 14.4 Å². The van der Waals surface area contributed by atoms with Crippen molar-refractivity contribution < 1.29 is 19.1 Å². The molecule has 7 heteroatoms. The molecule has 1 aromatic carbocycles. The van der Waals surface area contributed by atoms with Crippen molar-refractivity contribution in [1.29, 1.82) is 0 Å². The molecule has 210 valence electrons. The summed E-state index contributed by atoms with van der Waals surface area (Å²) in [5.74, 6) is -0.287. The third kappa shape index (κ3) is 12.0. The smallest absolute Gasteiger partial charge is 0.408 e. The second kappa shape index (κ2) is 16.3. The lowest BCUT2D eigenvalue weighted by atomic mass is 9.96.